The maximum absolute atomic E-state index is 10.3. The average molecular weight is 378 g/mol. The molecule has 141 valence electrons. The minimum absolute atomic E-state index is 0. The summed E-state index contributed by atoms with van der Waals surface area (Å²) < 4.78 is 0. The number of aliphatic carboxylic acids is 2. The maximum Gasteiger partial charge on any atom is 0.303 e. The Kier molecular flexibility index (Phi) is 21.0. The summed E-state index contributed by atoms with van der Waals surface area (Å²) in [6.07, 6.45) is 17.0. The number of hydrogen-bond acceptors (Lipinski definition) is 2. The van der Waals surface area contributed by atoms with Gasteiger partial charge in [-0.25, -0.2) is 0 Å². The predicted octanol–water partition coefficient (Wildman–Crippen LogP) is 5.39. The molecule has 0 aliphatic rings. The second kappa shape index (κ2) is 19.5. The first-order chi connectivity index (χ1) is 10.6. The first-order valence-electron chi connectivity index (χ1n) is 9.06. The summed E-state index contributed by atoms with van der Waals surface area (Å²) in [6.45, 7) is 0. The minimum Gasteiger partial charge on any atom is -0.481 e. The number of carboxylic acid groups (broad SMARTS) is 2. The van der Waals surface area contributed by atoms with Crippen LogP contribution in [0.3, 0.4) is 0 Å². The van der Waals surface area contributed by atoms with Crippen LogP contribution in [-0.2, 0) is 26.7 Å². The number of carbonyl (C=O) groups is 2. The average Bonchev–Trinajstić information content (AvgIpc) is 2.46. The molecule has 0 bridgehead atoms. The molecule has 0 aliphatic heterocycles. The molecule has 1 radical (unpaired) electrons. The second-order valence-electron chi connectivity index (χ2n) is 6.24. The molecule has 23 heavy (non-hydrogen) atoms. The van der Waals surface area contributed by atoms with E-state index in [-0.39, 0.29) is 17.1 Å². The summed E-state index contributed by atoms with van der Waals surface area (Å²) in [7, 11) is 0. The third-order valence-electron chi connectivity index (χ3n) is 4.03. The van der Waals surface area contributed by atoms with E-state index in [4.69, 9.17) is 10.2 Å². The summed E-state index contributed by atoms with van der Waals surface area (Å²) in [6, 6.07) is 0. The molecule has 0 fully saturated rings. The predicted molar refractivity (Wildman–Crippen MR) is 89.1 cm³/mol. The Morgan fingerprint density at radius 2 is 0.609 bits per heavy atom. The van der Waals surface area contributed by atoms with Crippen molar-refractivity contribution in [2.45, 2.75) is 103 Å². The molecule has 0 aliphatic carbocycles. The molecule has 0 aromatic rings. The van der Waals surface area contributed by atoms with Crippen molar-refractivity contribution >= 4 is 11.9 Å². The summed E-state index contributed by atoms with van der Waals surface area (Å²) >= 11 is 0. The SMILES string of the molecule is O=C(O)CCCCCCCCCCCCCCCCC(=O)O.[Cu]. The van der Waals surface area contributed by atoms with Gasteiger partial charge in [0.25, 0.3) is 0 Å². The molecule has 0 aromatic heterocycles. The molecule has 0 atom stereocenters. The number of hydrogen-bond donors (Lipinski definition) is 2. The Morgan fingerprint density at radius 1 is 0.435 bits per heavy atom. The molecule has 0 saturated heterocycles. The molecule has 0 rings (SSSR count). The van der Waals surface area contributed by atoms with Crippen LogP contribution in [0.2, 0.25) is 0 Å². The molecular weight excluding hydrogens is 344 g/mol. The Balaban J connectivity index is 0. The zero-order valence-electron chi connectivity index (χ0n) is 14.3. The smallest absolute Gasteiger partial charge is 0.303 e. The van der Waals surface area contributed by atoms with Crippen LogP contribution >= 0.6 is 0 Å². The van der Waals surface area contributed by atoms with Crippen molar-refractivity contribution in [2.75, 3.05) is 0 Å². The Morgan fingerprint density at radius 3 is 0.783 bits per heavy atom. The van der Waals surface area contributed by atoms with E-state index in [1.165, 1.54) is 64.2 Å². The van der Waals surface area contributed by atoms with Crippen LogP contribution in [0.4, 0.5) is 0 Å². The topological polar surface area (TPSA) is 74.6 Å². The minimum atomic E-state index is -0.679. The van der Waals surface area contributed by atoms with Crippen LogP contribution in [0.15, 0.2) is 0 Å². The molecular formula is C18H34CuO4. The summed E-state index contributed by atoms with van der Waals surface area (Å²) in [5.41, 5.74) is 0. The Bertz CT molecular complexity index is 254. The number of unbranched alkanes of at least 4 members (excludes halogenated alkanes) is 13. The molecule has 5 heteroatoms. The number of rotatable bonds is 17. The molecule has 0 unspecified atom stereocenters. The van der Waals surface area contributed by atoms with E-state index in [0.717, 1.165) is 25.7 Å². The van der Waals surface area contributed by atoms with Crippen molar-refractivity contribution in [1.82, 2.24) is 0 Å². The molecule has 0 spiro atoms. The fourth-order valence-electron chi connectivity index (χ4n) is 2.67. The first kappa shape index (κ1) is 24.7. The van der Waals surface area contributed by atoms with Gasteiger partial charge >= 0.3 is 11.9 Å². The molecule has 0 aromatic carbocycles. The zero-order valence-corrected chi connectivity index (χ0v) is 15.3. The van der Waals surface area contributed by atoms with E-state index < -0.39 is 11.9 Å². The monoisotopic (exact) mass is 377 g/mol. The van der Waals surface area contributed by atoms with Crippen molar-refractivity contribution in [3.63, 3.8) is 0 Å². The van der Waals surface area contributed by atoms with Crippen molar-refractivity contribution in [3.05, 3.63) is 0 Å². The van der Waals surface area contributed by atoms with Gasteiger partial charge in [-0.2, -0.15) is 0 Å². The van der Waals surface area contributed by atoms with Gasteiger partial charge in [0.15, 0.2) is 0 Å². The molecule has 2 N–H and O–H groups in total. The van der Waals surface area contributed by atoms with Crippen LogP contribution in [0, 0.1) is 0 Å². The quantitative estimate of drug-likeness (QED) is 0.263. The Hall–Kier alpha value is -0.541. The van der Waals surface area contributed by atoms with Crippen LogP contribution in [0.1, 0.15) is 103 Å². The van der Waals surface area contributed by atoms with Gasteiger partial charge in [0.2, 0.25) is 0 Å². The first-order valence-corrected chi connectivity index (χ1v) is 9.06. The largest absolute Gasteiger partial charge is 0.481 e. The van der Waals surface area contributed by atoms with Gasteiger partial charge in [-0.1, -0.05) is 77.0 Å². The van der Waals surface area contributed by atoms with Gasteiger partial charge in [0.1, 0.15) is 0 Å². The van der Waals surface area contributed by atoms with Crippen LogP contribution in [-0.4, -0.2) is 22.2 Å². The number of carboxylic acids is 2. The zero-order chi connectivity index (χ0) is 16.5. The fraction of sp³-hybridized carbons (Fsp3) is 0.889. The van der Waals surface area contributed by atoms with Crippen molar-refractivity contribution < 1.29 is 36.9 Å². The van der Waals surface area contributed by atoms with Gasteiger partial charge in [-0.3, -0.25) is 9.59 Å². The normalized spacial score (nSPS) is 10.3. The van der Waals surface area contributed by atoms with E-state index in [2.05, 4.69) is 0 Å². The van der Waals surface area contributed by atoms with Gasteiger partial charge in [0.05, 0.1) is 0 Å². The summed E-state index contributed by atoms with van der Waals surface area (Å²) in [5.74, 6) is -1.36. The van der Waals surface area contributed by atoms with Gasteiger partial charge < -0.3 is 10.2 Å². The van der Waals surface area contributed by atoms with Gasteiger partial charge in [-0.15, -0.1) is 0 Å². The summed E-state index contributed by atoms with van der Waals surface area (Å²) in [4.78, 5) is 20.7. The van der Waals surface area contributed by atoms with E-state index >= 15 is 0 Å². The van der Waals surface area contributed by atoms with Crippen molar-refractivity contribution in [1.29, 1.82) is 0 Å². The van der Waals surface area contributed by atoms with Gasteiger partial charge in [0, 0.05) is 29.9 Å². The molecule has 0 saturated carbocycles. The fourth-order valence-corrected chi connectivity index (χ4v) is 2.67. The Labute approximate surface area is 151 Å². The maximum atomic E-state index is 10.3. The van der Waals surface area contributed by atoms with Crippen LogP contribution < -0.4 is 0 Å². The van der Waals surface area contributed by atoms with E-state index in [1.807, 2.05) is 0 Å². The second-order valence-corrected chi connectivity index (χ2v) is 6.24. The molecule has 0 amide bonds. The summed E-state index contributed by atoms with van der Waals surface area (Å²) in [5, 5.41) is 17.0. The third kappa shape index (κ3) is 23.8. The third-order valence-corrected chi connectivity index (χ3v) is 4.03. The van der Waals surface area contributed by atoms with Crippen LogP contribution in [0.25, 0.3) is 0 Å². The van der Waals surface area contributed by atoms with Crippen molar-refractivity contribution in [3.8, 4) is 0 Å². The van der Waals surface area contributed by atoms with E-state index in [0.29, 0.717) is 12.8 Å². The van der Waals surface area contributed by atoms with Gasteiger partial charge in [-0.05, 0) is 12.8 Å². The van der Waals surface area contributed by atoms with E-state index in [9.17, 15) is 9.59 Å². The van der Waals surface area contributed by atoms with E-state index in [1.54, 1.807) is 0 Å². The molecule has 4 nitrogen and oxygen atoms in total. The van der Waals surface area contributed by atoms with Crippen LogP contribution in [0.5, 0.6) is 0 Å². The molecule has 0 heterocycles. The van der Waals surface area contributed by atoms with Crippen molar-refractivity contribution in [2.24, 2.45) is 0 Å². The standard InChI is InChI=1S/C18H34O4.Cu/c19-17(20)15-13-11-9-7-5-3-1-2-4-6-8-10-12-14-16-18(21)22;/h1-16H2,(H,19,20)(H,21,22);.